The Labute approximate surface area is 219 Å². The number of hydrogen-bond donors (Lipinski definition) is 4. The minimum absolute atomic E-state index is 0.128. The zero-order chi connectivity index (χ0) is 28.2. The highest BCUT2D eigenvalue weighted by Gasteiger charge is 2.33. The number of carbonyl (C=O) groups is 2. The fourth-order valence-electron chi connectivity index (χ4n) is 4.11. The molecule has 1 atom stereocenters. The fraction of sp³-hybridized carbons (Fsp3) is 0.640. The zero-order valence-corrected chi connectivity index (χ0v) is 23.8. The quantitative estimate of drug-likeness (QED) is 0.152. The topological polar surface area (TPSA) is 155 Å². The number of hydrazine groups is 1. The van der Waals surface area contributed by atoms with Crippen LogP contribution in [0.4, 0.5) is 4.79 Å². The smallest absolute Gasteiger partial charge is 0.408 e. The highest BCUT2D eigenvalue weighted by molar-refractivity contribution is 7.89. The molecule has 0 saturated heterocycles. The summed E-state index contributed by atoms with van der Waals surface area (Å²) in [6, 6.07) is -1.12. The molecule has 4 N–H and O–H groups in total. The average Bonchev–Trinajstić information content (AvgIpc) is 2.73. The summed E-state index contributed by atoms with van der Waals surface area (Å²) < 4.78 is 37.5. The maximum Gasteiger partial charge on any atom is 0.408 e. The molecule has 208 valence electrons. The molecule has 0 fully saturated rings. The van der Waals surface area contributed by atoms with E-state index in [1.54, 1.807) is 34.6 Å². The molecule has 11 nitrogen and oxygen atoms in total. The molecule has 2 rings (SSSR count). The van der Waals surface area contributed by atoms with Crippen LogP contribution in [0.1, 0.15) is 76.1 Å². The molecule has 0 bridgehead atoms. The van der Waals surface area contributed by atoms with Gasteiger partial charge in [-0.2, -0.15) is 0 Å². The van der Waals surface area contributed by atoms with Gasteiger partial charge in [0.25, 0.3) is 10.0 Å². The van der Waals surface area contributed by atoms with Gasteiger partial charge in [-0.1, -0.05) is 0 Å². The Bertz CT molecular complexity index is 1150. The Morgan fingerprint density at radius 1 is 1.19 bits per heavy atom. The van der Waals surface area contributed by atoms with Crippen LogP contribution < -0.4 is 20.3 Å². The van der Waals surface area contributed by atoms with Gasteiger partial charge in [0.05, 0.1) is 11.2 Å². The highest BCUT2D eigenvalue weighted by Crippen LogP contribution is 2.41. The number of benzene rings is 1. The van der Waals surface area contributed by atoms with E-state index in [0.717, 1.165) is 29.7 Å². The molecular weight excluding hydrogens is 500 g/mol. The number of nitrogens with one attached hydrogen (secondary N) is 3. The van der Waals surface area contributed by atoms with Crippen LogP contribution in [0.2, 0.25) is 0 Å². The van der Waals surface area contributed by atoms with Crippen LogP contribution in [-0.4, -0.2) is 55.7 Å². The number of amides is 1. The van der Waals surface area contributed by atoms with Crippen molar-refractivity contribution in [2.75, 3.05) is 6.54 Å². The number of sulfonamides is 1. The molecule has 0 radical (unpaired) electrons. The zero-order valence-electron chi connectivity index (χ0n) is 22.9. The first kappa shape index (κ1) is 30.4. The van der Waals surface area contributed by atoms with Crippen LogP contribution in [0.3, 0.4) is 0 Å². The summed E-state index contributed by atoms with van der Waals surface area (Å²) in [5, 5.41) is 11.6. The normalized spacial score (nSPS) is 16.0. The van der Waals surface area contributed by atoms with Crippen molar-refractivity contribution in [1.82, 2.24) is 15.6 Å². The van der Waals surface area contributed by atoms with Crippen molar-refractivity contribution >= 4 is 28.4 Å². The molecule has 1 aromatic carbocycles. The van der Waals surface area contributed by atoms with E-state index in [1.165, 1.54) is 6.34 Å². The Balaban J connectivity index is 1.95. The number of ether oxygens (including phenoxy) is 2. The van der Waals surface area contributed by atoms with Gasteiger partial charge in [0, 0.05) is 6.54 Å². The van der Waals surface area contributed by atoms with Crippen molar-refractivity contribution in [3.63, 3.8) is 0 Å². The molecule has 37 heavy (non-hydrogen) atoms. The predicted octanol–water partition coefficient (Wildman–Crippen LogP) is 3.28. The number of alkyl carbamates (subject to hydrolysis) is 1. The monoisotopic (exact) mass is 540 g/mol. The molecule has 0 saturated carbocycles. The second-order valence-corrected chi connectivity index (χ2v) is 12.5. The summed E-state index contributed by atoms with van der Waals surface area (Å²) in [6.07, 6.45) is 2.39. The number of carboxylic acid groups (broad SMARTS) is 1. The van der Waals surface area contributed by atoms with Crippen LogP contribution >= 0.6 is 0 Å². The lowest BCUT2D eigenvalue weighted by molar-refractivity contribution is -0.139. The number of carboxylic acids is 1. The summed E-state index contributed by atoms with van der Waals surface area (Å²) in [5.74, 6) is -0.415. The van der Waals surface area contributed by atoms with Crippen molar-refractivity contribution in [3.05, 3.63) is 22.3 Å². The van der Waals surface area contributed by atoms with E-state index in [2.05, 4.69) is 20.6 Å². The molecular formula is C25H40N4O7S. The minimum Gasteiger partial charge on any atom is -0.487 e. The molecule has 0 spiro atoms. The largest absolute Gasteiger partial charge is 0.487 e. The standard InChI is InChI=1S/C25H40N4O7S/c1-15-16(2)21(17(3)18-11-12-25(7,8)35-20(15)18)37(33,34)29-27-14-26-13-9-10-19(22(30)31)28-23(32)36-24(4,5)6/h14,19,29H,9-13H2,1-8H3,(H,26,27)(H,28,32)(H,30,31)/t19-/m0/s1. The Morgan fingerprint density at radius 2 is 1.84 bits per heavy atom. The Morgan fingerprint density at radius 3 is 2.43 bits per heavy atom. The van der Waals surface area contributed by atoms with Gasteiger partial charge in [-0.05, 0) is 103 Å². The summed E-state index contributed by atoms with van der Waals surface area (Å²) in [5.41, 5.74) is 4.45. The van der Waals surface area contributed by atoms with E-state index in [9.17, 15) is 23.1 Å². The van der Waals surface area contributed by atoms with Gasteiger partial charge in [-0.25, -0.2) is 18.0 Å². The molecule has 1 heterocycles. The fourth-order valence-corrected chi connectivity index (χ4v) is 5.50. The number of aliphatic carboxylic acids is 1. The van der Waals surface area contributed by atoms with E-state index >= 15 is 0 Å². The van der Waals surface area contributed by atoms with Gasteiger partial charge in [0.1, 0.15) is 23.0 Å². The molecule has 12 heteroatoms. The first-order chi connectivity index (χ1) is 16.9. The van der Waals surface area contributed by atoms with Crippen molar-refractivity contribution in [3.8, 4) is 5.75 Å². The maximum absolute atomic E-state index is 13.1. The highest BCUT2D eigenvalue weighted by atomic mass is 32.2. The Hall–Kier alpha value is -2.86. The first-order valence-electron chi connectivity index (χ1n) is 12.2. The van der Waals surface area contributed by atoms with Crippen LogP contribution in [0.15, 0.2) is 9.89 Å². The number of hydrogen-bond acceptors (Lipinski definition) is 7. The average molecular weight is 541 g/mol. The van der Waals surface area contributed by atoms with Gasteiger partial charge < -0.3 is 19.9 Å². The third kappa shape index (κ3) is 8.32. The van der Waals surface area contributed by atoms with Gasteiger partial charge >= 0.3 is 12.1 Å². The summed E-state index contributed by atoms with van der Waals surface area (Å²) in [7, 11) is -3.90. The van der Waals surface area contributed by atoms with Gasteiger partial charge in [0.2, 0.25) is 0 Å². The van der Waals surface area contributed by atoms with Crippen LogP contribution in [0.25, 0.3) is 0 Å². The van der Waals surface area contributed by atoms with E-state index < -0.39 is 33.7 Å². The van der Waals surface area contributed by atoms with Crippen LogP contribution in [-0.2, 0) is 26.0 Å². The molecule has 1 aliphatic heterocycles. The molecule has 0 unspecified atom stereocenters. The minimum atomic E-state index is -3.90. The molecule has 0 aromatic heterocycles. The third-order valence-electron chi connectivity index (χ3n) is 6.05. The second-order valence-electron chi connectivity index (χ2n) is 10.8. The van der Waals surface area contributed by atoms with Crippen LogP contribution in [0, 0.1) is 20.8 Å². The summed E-state index contributed by atoms with van der Waals surface area (Å²) in [6.45, 7) is 14.7. The lowest BCUT2D eigenvalue weighted by Gasteiger charge is -2.35. The summed E-state index contributed by atoms with van der Waals surface area (Å²) >= 11 is 0. The second kappa shape index (κ2) is 11.7. The third-order valence-corrected chi connectivity index (χ3v) is 7.59. The lowest BCUT2D eigenvalue weighted by Crippen LogP contribution is -2.43. The van der Waals surface area contributed by atoms with Gasteiger partial charge in [-0.15, -0.1) is 4.83 Å². The molecule has 0 aliphatic carbocycles. The van der Waals surface area contributed by atoms with E-state index in [1.807, 2.05) is 20.8 Å². The van der Waals surface area contributed by atoms with E-state index in [-0.39, 0.29) is 23.5 Å². The molecule has 1 aromatic rings. The van der Waals surface area contributed by atoms with Crippen molar-refractivity contribution in [2.45, 2.75) is 103 Å². The first-order valence-corrected chi connectivity index (χ1v) is 13.7. The Kier molecular flexibility index (Phi) is 9.58. The van der Waals surface area contributed by atoms with Crippen molar-refractivity contribution < 1.29 is 32.6 Å². The maximum atomic E-state index is 13.1. The SMILES string of the molecule is Cc1c(C)c(S(=O)(=O)NNC=NCCC[C@H](NC(=O)OC(C)(C)C)C(=O)O)c(C)c2c1OC(C)(C)CC2. The van der Waals surface area contributed by atoms with E-state index in [0.29, 0.717) is 17.5 Å². The number of carbonyl (C=O) groups excluding carboxylic acids is 1. The van der Waals surface area contributed by atoms with Crippen molar-refractivity contribution in [2.24, 2.45) is 4.99 Å². The predicted molar refractivity (Wildman–Crippen MR) is 141 cm³/mol. The number of fused-ring (bicyclic) bond motifs is 1. The molecule has 1 aliphatic rings. The summed E-state index contributed by atoms with van der Waals surface area (Å²) in [4.78, 5) is 29.9. The van der Waals surface area contributed by atoms with E-state index in [4.69, 9.17) is 9.47 Å². The lowest BCUT2D eigenvalue weighted by atomic mass is 9.88. The van der Waals surface area contributed by atoms with Crippen LogP contribution in [0.5, 0.6) is 5.75 Å². The molecule has 1 amide bonds. The number of nitrogens with zero attached hydrogens (tertiary/aromatic N) is 1. The van der Waals surface area contributed by atoms with Gasteiger partial charge in [0.15, 0.2) is 0 Å². The van der Waals surface area contributed by atoms with Gasteiger partial charge in [-0.3, -0.25) is 10.4 Å². The van der Waals surface area contributed by atoms with Crippen molar-refractivity contribution in [1.29, 1.82) is 0 Å². The number of aliphatic imine (C=N–C) groups is 1. The number of rotatable bonds is 10.